The molecule has 0 aliphatic heterocycles. The highest BCUT2D eigenvalue weighted by molar-refractivity contribution is 5.73. The Morgan fingerprint density at radius 1 is 0.886 bits per heavy atom. The van der Waals surface area contributed by atoms with Gasteiger partial charge in [-0.25, -0.2) is 9.97 Å². The number of aliphatic carboxylic acids is 1. The minimum atomic E-state index is -4.47. The van der Waals surface area contributed by atoms with Gasteiger partial charge < -0.3 is 14.7 Å². The number of benzene rings is 3. The summed E-state index contributed by atoms with van der Waals surface area (Å²) in [5, 5.41) is 8.89. The van der Waals surface area contributed by atoms with Gasteiger partial charge in [0.2, 0.25) is 5.95 Å². The molecule has 0 fully saturated rings. The lowest BCUT2D eigenvalue weighted by molar-refractivity contribution is -0.138. The molecule has 0 saturated carbocycles. The summed E-state index contributed by atoms with van der Waals surface area (Å²) in [6.07, 6.45) is -1.74. The van der Waals surface area contributed by atoms with Crippen molar-refractivity contribution in [2.75, 3.05) is 11.5 Å². The van der Waals surface area contributed by atoms with Crippen LogP contribution in [0.3, 0.4) is 0 Å². The van der Waals surface area contributed by atoms with Crippen LogP contribution in [0.15, 0.2) is 60.9 Å². The van der Waals surface area contributed by atoms with Gasteiger partial charge in [0.05, 0.1) is 31.0 Å². The van der Waals surface area contributed by atoms with E-state index in [4.69, 9.17) is 9.84 Å². The van der Waals surface area contributed by atoms with Crippen molar-refractivity contribution in [2.45, 2.75) is 73.1 Å². The maximum Gasteiger partial charge on any atom is 0.416 e. The number of nitrogens with zero attached hydrogens (tertiary/aromatic N) is 3. The summed E-state index contributed by atoms with van der Waals surface area (Å²) >= 11 is 0. The van der Waals surface area contributed by atoms with Gasteiger partial charge in [-0.15, -0.1) is 0 Å². The van der Waals surface area contributed by atoms with Crippen molar-refractivity contribution in [1.29, 1.82) is 0 Å². The number of carbonyl (C=O) groups is 1. The molecule has 0 aliphatic rings. The first-order valence-electron chi connectivity index (χ1n) is 14.5. The fourth-order valence-electron chi connectivity index (χ4n) is 5.09. The number of carboxylic acids is 1. The Kier molecular flexibility index (Phi) is 9.97. The van der Waals surface area contributed by atoms with Gasteiger partial charge in [-0.1, -0.05) is 55.8 Å². The lowest BCUT2D eigenvalue weighted by atomic mass is 9.89. The van der Waals surface area contributed by atoms with Gasteiger partial charge in [0, 0.05) is 13.1 Å². The number of alkyl halides is 3. The van der Waals surface area contributed by atoms with Crippen molar-refractivity contribution < 1.29 is 27.8 Å². The summed E-state index contributed by atoms with van der Waals surface area (Å²) < 4.78 is 46.6. The van der Waals surface area contributed by atoms with E-state index in [2.05, 4.69) is 68.0 Å². The van der Waals surface area contributed by atoms with E-state index >= 15 is 0 Å². The number of carboxylic acid groups (broad SMARTS) is 1. The second-order valence-corrected chi connectivity index (χ2v) is 11.6. The van der Waals surface area contributed by atoms with E-state index in [1.807, 2.05) is 11.8 Å². The second-order valence-electron chi connectivity index (χ2n) is 11.6. The molecule has 3 aromatic carbocycles. The second kappa shape index (κ2) is 13.5. The van der Waals surface area contributed by atoms with Crippen LogP contribution in [0.1, 0.15) is 70.7 Å². The fourth-order valence-corrected chi connectivity index (χ4v) is 5.09. The van der Waals surface area contributed by atoms with Crippen LogP contribution in [0.4, 0.5) is 19.1 Å². The Bertz CT molecular complexity index is 1630. The van der Waals surface area contributed by atoms with Crippen LogP contribution in [0.5, 0.6) is 5.75 Å². The average molecular weight is 606 g/mol. The highest BCUT2D eigenvalue weighted by Gasteiger charge is 2.31. The molecule has 1 heterocycles. The smallest absolute Gasteiger partial charge is 0.416 e. The van der Waals surface area contributed by atoms with E-state index < -0.39 is 17.7 Å². The summed E-state index contributed by atoms with van der Waals surface area (Å²) in [5.74, 6) is -0.0292. The Labute approximate surface area is 256 Å². The van der Waals surface area contributed by atoms with E-state index in [1.165, 1.54) is 24.0 Å². The minimum Gasteiger partial charge on any atom is -0.490 e. The van der Waals surface area contributed by atoms with Gasteiger partial charge >= 0.3 is 12.1 Å². The normalized spacial score (nSPS) is 11.6. The molecule has 0 spiro atoms. The summed E-state index contributed by atoms with van der Waals surface area (Å²) in [6, 6.07) is 14.8. The number of hydrogen-bond acceptors (Lipinski definition) is 5. The number of hydrogen-bond donors (Lipinski definition) is 1. The molecule has 1 N–H and O–H groups in total. The minimum absolute atomic E-state index is 0.0357. The number of rotatable bonds is 11. The van der Waals surface area contributed by atoms with E-state index in [1.54, 1.807) is 13.0 Å². The van der Waals surface area contributed by atoms with Gasteiger partial charge in [-0.3, -0.25) is 4.79 Å². The van der Waals surface area contributed by atoms with Crippen LogP contribution in [0.25, 0.3) is 11.1 Å². The predicted molar refractivity (Wildman–Crippen MR) is 166 cm³/mol. The van der Waals surface area contributed by atoms with Crippen LogP contribution >= 0.6 is 0 Å². The Morgan fingerprint density at radius 3 is 2.20 bits per heavy atom. The number of aryl methyl sites for hydroxylation is 4. The van der Waals surface area contributed by atoms with Crippen LogP contribution in [0.2, 0.25) is 0 Å². The monoisotopic (exact) mass is 605 g/mol. The Morgan fingerprint density at radius 2 is 1.57 bits per heavy atom. The van der Waals surface area contributed by atoms with Crippen molar-refractivity contribution in [3.05, 3.63) is 105 Å². The zero-order valence-corrected chi connectivity index (χ0v) is 25.9. The number of aromatic nitrogens is 2. The largest absolute Gasteiger partial charge is 0.490 e. The molecular formula is C35H38F3N3O3. The van der Waals surface area contributed by atoms with Crippen molar-refractivity contribution in [1.82, 2.24) is 9.97 Å². The highest BCUT2D eigenvalue weighted by atomic mass is 19.4. The predicted octanol–water partition coefficient (Wildman–Crippen LogP) is 8.58. The molecule has 0 saturated heterocycles. The van der Waals surface area contributed by atoms with Crippen LogP contribution in [-0.2, 0) is 24.1 Å². The number of halogens is 3. The van der Waals surface area contributed by atoms with E-state index in [0.29, 0.717) is 35.3 Å². The first-order valence-corrected chi connectivity index (χ1v) is 14.5. The molecule has 0 amide bonds. The molecule has 44 heavy (non-hydrogen) atoms. The summed E-state index contributed by atoms with van der Waals surface area (Å²) in [6.45, 7) is 12.6. The van der Waals surface area contributed by atoms with Crippen molar-refractivity contribution in [2.24, 2.45) is 0 Å². The molecular weight excluding hydrogens is 567 g/mol. The molecule has 0 aliphatic carbocycles. The quantitative estimate of drug-likeness (QED) is 0.185. The highest BCUT2D eigenvalue weighted by Crippen LogP contribution is 2.35. The van der Waals surface area contributed by atoms with Gasteiger partial charge in [0.25, 0.3) is 0 Å². The lowest BCUT2D eigenvalue weighted by Gasteiger charge is -2.26. The standard InChI is InChI=1S/C35H38F3N3O3/c1-21(2)27-8-7-23(4)31(16-27)32-14-25(6)24(5)13-28(32)20-41(19-26-11-22(3)12-29(15-26)35(36,37)38)34-39-17-30(18-40-34)44-10-9-33(42)43/h7-8,11-18,21H,9-10,19-20H2,1-6H3,(H,42,43). The van der Waals surface area contributed by atoms with Crippen molar-refractivity contribution in [3.63, 3.8) is 0 Å². The molecule has 0 unspecified atom stereocenters. The topological polar surface area (TPSA) is 75.6 Å². The first kappa shape index (κ1) is 32.5. The third kappa shape index (κ3) is 8.15. The Hall–Kier alpha value is -4.40. The van der Waals surface area contributed by atoms with Gasteiger partial charge in [0.1, 0.15) is 0 Å². The number of ether oxygens (including phenoxy) is 1. The van der Waals surface area contributed by atoms with Crippen molar-refractivity contribution in [3.8, 4) is 16.9 Å². The molecule has 0 atom stereocenters. The van der Waals surface area contributed by atoms with Gasteiger partial charge in [0.15, 0.2) is 5.75 Å². The van der Waals surface area contributed by atoms with E-state index in [0.717, 1.165) is 39.4 Å². The first-order chi connectivity index (χ1) is 20.7. The van der Waals surface area contributed by atoms with Gasteiger partial charge in [-0.2, -0.15) is 13.2 Å². The molecule has 0 bridgehead atoms. The lowest BCUT2D eigenvalue weighted by Crippen LogP contribution is -2.25. The Balaban J connectivity index is 1.79. The molecule has 9 heteroatoms. The molecule has 0 radical (unpaired) electrons. The molecule has 1 aromatic heterocycles. The zero-order valence-electron chi connectivity index (χ0n) is 25.9. The third-order valence-corrected chi connectivity index (χ3v) is 7.62. The maximum absolute atomic E-state index is 13.7. The molecule has 232 valence electrons. The van der Waals surface area contributed by atoms with Crippen LogP contribution in [-0.4, -0.2) is 27.7 Å². The van der Waals surface area contributed by atoms with Crippen LogP contribution in [0, 0.1) is 27.7 Å². The fraction of sp³-hybridized carbons (Fsp3) is 0.343. The maximum atomic E-state index is 13.7. The van der Waals surface area contributed by atoms with Crippen LogP contribution < -0.4 is 9.64 Å². The third-order valence-electron chi connectivity index (χ3n) is 7.62. The molecule has 6 nitrogen and oxygen atoms in total. The van der Waals surface area contributed by atoms with Gasteiger partial charge in [-0.05, 0) is 90.3 Å². The van der Waals surface area contributed by atoms with E-state index in [-0.39, 0.29) is 19.6 Å². The summed E-state index contributed by atoms with van der Waals surface area (Å²) in [7, 11) is 0. The SMILES string of the molecule is Cc1cc(CN(Cc2cc(C)c(C)cc2-c2cc(C(C)C)ccc2C)c2ncc(OCCC(=O)O)cn2)cc(C(F)(F)F)c1. The number of anilines is 1. The summed E-state index contributed by atoms with van der Waals surface area (Å²) in [5.41, 5.74) is 7.99. The summed E-state index contributed by atoms with van der Waals surface area (Å²) in [4.78, 5) is 21.7. The zero-order chi connectivity index (χ0) is 32.2. The van der Waals surface area contributed by atoms with E-state index in [9.17, 15) is 18.0 Å². The average Bonchev–Trinajstić information content (AvgIpc) is 2.94. The molecule has 4 aromatic rings. The molecule has 4 rings (SSSR count). The van der Waals surface area contributed by atoms with Crippen molar-refractivity contribution >= 4 is 11.9 Å².